The van der Waals surface area contributed by atoms with Crippen molar-refractivity contribution in [3.05, 3.63) is 65.0 Å². The van der Waals surface area contributed by atoms with Crippen molar-refractivity contribution in [3.8, 4) is 11.3 Å². The highest BCUT2D eigenvalue weighted by atomic mass is 32.2. The molecule has 0 amide bonds. The van der Waals surface area contributed by atoms with Crippen LogP contribution in [0.1, 0.15) is 24.6 Å². The van der Waals surface area contributed by atoms with Gasteiger partial charge in [0.05, 0.1) is 17.1 Å². The number of aromatic nitrogens is 2. The van der Waals surface area contributed by atoms with Crippen molar-refractivity contribution >= 4 is 29.4 Å². The Morgan fingerprint density at radius 3 is 2.86 bits per heavy atom. The van der Waals surface area contributed by atoms with Gasteiger partial charge in [0.1, 0.15) is 0 Å². The van der Waals surface area contributed by atoms with E-state index in [2.05, 4.69) is 57.2 Å². The molecular weight excluding hydrogens is 378 g/mol. The molecule has 1 atom stereocenters. The summed E-state index contributed by atoms with van der Waals surface area (Å²) in [7, 11) is 0. The number of anilines is 2. The first kappa shape index (κ1) is 18.5. The highest BCUT2D eigenvalue weighted by Crippen LogP contribution is 2.50. The molecule has 6 heteroatoms. The lowest BCUT2D eigenvalue weighted by Gasteiger charge is -2.36. The quantitative estimate of drug-likeness (QED) is 0.629. The zero-order valence-electron chi connectivity index (χ0n) is 16.6. The van der Waals surface area contributed by atoms with Gasteiger partial charge in [0.15, 0.2) is 0 Å². The Morgan fingerprint density at radius 2 is 2.00 bits per heavy atom. The van der Waals surface area contributed by atoms with Gasteiger partial charge >= 0.3 is 0 Å². The van der Waals surface area contributed by atoms with Crippen molar-refractivity contribution in [1.29, 1.82) is 0 Å². The SMILES string of the molecule is CC1=Cc2c(c3ccccnc-3c2N2CCN[C@@H](CCc3ccccn3)C2)NS1. The minimum Gasteiger partial charge on any atom is -0.366 e. The van der Waals surface area contributed by atoms with Crippen LogP contribution >= 0.6 is 11.9 Å². The predicted molar refractivity (Wildman–Crippen MR) is 122 cm³/mol. The van der Waals surface area contributed by atoms with Crippen LogP contribution in [0.15, 0.2) is 53.7 Å². The first-order valence-electron chi connectivity index (χ1n) is 10.2. The number of hydrogen-bond donors (Lipinski definition) is 2. The lowest BCUT2D eigenvalue weighted by atomic mass is 10.1. The fraction of sp³-hybridized carbons (Fsp3) is 0.304. The van der Waals surface area contributed by atoms with Gasteiger partial charge in [0.2, 0.25) is 0 Å². The fourth-order valence-corrected chi connectivity index (χ4v) is 4.93. The fourth-order valence-electron chi connectivity index (χ4n) is 4.27. The van der Waals surface area contributed by atoms with Crippen LogP contribution in [0.5, 0.6) is 0 Å². The molecule has 1 aliphatic carbocycles. The number of hydrogen-bond acceptors (Lipinski definition) is 6. The first-order valence-corrected chi connectivity index (χ1v) is 11.0. The third-order valence-electron chi connectivity index (χ3n) is 5.65. The third kappa shape index (κ3) is 3.70. The number of aryl methyl sites for hydroxylation is 1. The second-order valence-corrected chi connectivity index (χ2v) is 8.70. The van der Waals surface area contributed by atoms with Gasteiger partial charge in [-0.25, -0.2) is 0 Å². The number of nitrogens with zero attached hydrogens (tertiary/aromatic N) is 3. The van der Waals surface area contributed by atoms with Gasteiger partial charge in [-0.15, -0.1) is 0 Å². The lowest BCUT2D eigenvalue weighted by molar-refractivity contribution is 0.433. The Morgan fingerprint density at radius 1 is 1.14 bits per heavy atom. The summed E-state index contributed by atoms with van der Waals surface area (Å²) >= 11 is 1.68. The van der Waals surface area contributed by atoms with E-state index in [0.717, 1.165) is 43.9 Å². The van der Waals surface area contributed by atoms with Crippen molar-refractivity contribution in [2.24, 2.45) is 0 Å². The van der Waals surface area contributed by atoms with E-state index in [4.69, 9.17) is 4.98 Å². The molecule has 4 aliphatic rings. The van der Waals surface area contributed by atoms with Gasteiger partial charge in [-0.3, -0.25) is 9.97 Å². The van der Waals surface area contributed by atoms with Crippen LogP contribution in [0.3, 0.4) is 0 Å². The Kier molecular flexibility index (Phi) is 5.12. The summed E-state index contributed by atoms with van der Waals surface area (Å²) in [5.41, 5.74) is 7.18. The Hall–Kier alpha value is -2.57. The van der Waals surface area contributed by atoms with E-state index in [9.17, 15) is 0 Å². The molecule has 0 radical (unpaired) electrons. The van der Waals surface area contributed by atoms with Gasteiger partial charge in [-0.05, 0) is 56.0 Å². The monoisotopic (exact) mass is 403 g/mol. The molecule has 148 valence electrons. The van der Waals surface area contributed by atoms with E-state index in [0.29, 0.717) is 6.04 Å². The van der Waals surface area contributed by atoms with E-state index in [1.54, 1.807) is 11.9 Å². The van der Waals surface area contributed by atoms with Crippen molar-refractivity contribution in [2.45, 2.75) is 25.8 Å². The zero-order chi connectivity index (χ0) is 19.6. The highest BCUT2D eigenvalue weighted by Gasteiger charge is 2.31. The molecule has 0 unspecified atom stereocenters. The number of fused-ring (bicyclic) bond motifs is 3. The summed E-state index contributed by atoms with van der Waals surface area (Å²) in [5, 5.41) is 3.70. The molecule has 1 saturated heterocycles. The Bertz CT molecular complexity index is 1000. The van der Waals surface area contributed by atoms with Crippen LogP contribution in [0.25, 0.3) is 17.3 Å². The Balaban J connectivity index is 1.44. The normalized spacial score (nSPS) is 18.9. The molecule has 29 heavy (non-hydrogen) atoms. The molecular formula is C23H25N5S. The van der Waals surface area contributed by atoms with E-state index in [1.807, 2.05) is 24.5 Å². The molecule has 5 rings (SSSR count). The smallest absolute Gasteiger partial charge is 0.0963 e. The summed E-state index contributed by atoms with van der Waals surface area (Å²) in [4.78, 5) is 13.1. The molecule has 0 spiro atoms. The van der Waals surface area contributed by atoms with E-state index in [1.165, 1.54) is 27.4 Å². The number of pyridine rings is 1. The van der Waals surface area contributed by atoms with Crippen molar-refractivity contribution < 1.29 is 0 Å². The second kappa shape index (κ2) is 8.05. The zero-order valence-corrected chi connectivity index (χ0v) is 17.4. The molecule has 1 aromatic heterocycles. The molecule has 0 aromatic carbocycles. The summed E-state index contributed by atoms with van der Waals surface area (Å²) in [5.74, 6) is 0. The average Bonchev–Trinajstić information content (AvgIpc) is 2.89. The molecule has 1 aromatic rings. The van der Waals surface area contributed by atoms with Gasteiger partial charge < -0.3 is 14.9 Å². The Labute approximate surface area is 176 Å². The number of piperazine rings is 1. The maximum Gasteiger partial charge on any atom is 0.0963 e. The van der Waals surface area contributed by atoms with E-state index < -0.39 is 0 Å². The van der Waals surface area contributed by atoms with Gasteiger partial charge in [0.25, 0.3) is 0 Å². The number of rotatable bonds is 4. The summed E-state index contributed by atoms with van der Waals surface area (Å²) < 4.78 is 3.54. The predicted octanol–water partition coefficient (Wildman–Crippen LogP) is 4.43. The van der Waals surface area contributed by atoms with Gasteiger partial charge in [-0.2, -0.15) is 0 Å². The molecule has 0 saturated carbocycles. The summed E-state index contributed by atoms with van der Waals surface area (Å²) in [6, 6.07) is 12.8. The van der Waals surface area contributed by atoms with Gasteiger partial charge in [-0.1, -0.05) is 18.2 Å². The highest BCUT2D eigenvalue weighted by molar-refractivity contribution is 8.04. The maximum atomic E-state index is 4.82. The van der Waals surface area contributed by atoms with Gasteiger partial charge in [0, 0.05) is 59.8 Å². The minimum atomic E-state index is 0.444. The summed E-state index contributed by atoms with van der Waals surface area (Å²) in [6.07, 6.45) is 8.17. The molecule has 3 aliphatic heterocycles. The van der Waals surface area contributed by atoms with Crippen LogP contribution < -0.4 is 14.9 Å². The molecule has 5 nitrogen and oxygen atoms in total. The number of allylic oxidation sites excluding steroid dienone is 1. The van der Waals surface area contributed by atoms with E-state index in [-0.39, 0.29) is 0 Å². The largest absolute Gasteiger partial charge is 0.366 e. The second-order valence-electron chi connectivity index (χ2n) is 7.65. The van der Waals surface area contributed by atoms with Crippen LogP contribution in [0, 0.1) is 0 Å². The van der Waals surface area contributed by atoms with Crippen molar-refractivity contribution in [1.82, 2.24) is 15.3 Å². The third-order valence-corrected chi connectivity index (χ3v) is 6.39. The van der Waals surface area contributed by atoms with Crippen LogP contribution in [-0.4, -0.2) is 35.6 Å². The summed E-state index contributed by atoms with van der Waals surface area (Å²) in [6.45, 7) is 5.12. The lowest BCUT2D eigenvalue weighted by Crippen LogP contribution is -2.51. The molecule has 4 heterocycles. The molecule has 1 fully saturated rings. The maximum absolute atomic E-state index is 4.82. The van der Waals surface area contributed by atoms with Crippen molar-refractivity contribution in [3.63, 3.8) is 0 Å². The topological polar surface area (TPSA) is 53.1 Å². The minimum absolute atomic E-state index is 0.444. The van der Waals surface area contributed by atoms with Crippen LogP contribution in [0.2, 0.25) is 0 Å². The number of nitrogens with one attached hydrogen (secondary N) is 2. The van der Waals surface area contributed by atoms with Crippen LogP contribution in [-0.2, 0) is 6.42 Å². The molecule has 0 bridgehead atoms. The van der Waals surface area contributed by atoms with Crippen LogP contribution in [0.4, 0.5) is 11.4 Å². The molecule has 2 N–H and O–H groups in total. The van der Waals surface area contributed by atoms with Crippen molar-refractivity contribution in [2.75, 3.05) is 29.3 Å². The van der Waals surface area contributed by atoms with E-state index >= 15 is 0 Å². The first-order chi connectivity index (χ1) is 14.3. The average molecular weight is 404 g/mol. The standard InChI is InChI=1S/C23H25N5S/c1-16-14-20-21(27-29-16)19-7-3-5-11-26-22(19)23(20)28-13-12-25-18(15-28)9-8-17-6-2-4-10-24-17/h2-7,10-11,14,18,25,27H,8-9,12-13,15H2,1H3/t18-/m0/s1.